The number of aliphatic hydroxyl groups excluding tert-OH is 1. The van der Waals surface area contributed by atoms with Crippen molar-refractivity contribution in [1.29, 1.82) is 0 Å². The number of piperazine rings is 1. The van der Waals surface area contributed by atoms with Crippen LogP contribution in [-0.4, -0.2) is 54.2 Å². The van der Waals surface area contributed by atoms with Gasteiger partial charge in [0.15, 0.2) is 0 Å². The van der Waals surface area contributed by atoms with Crippen LogP contribution in [0.1, 0.15) is 18.1 Å². The molecule has 1 saturated heterocycles. The van der Waals surface area contributed by atoms with Gasteiger partial charge in [-0.05, 0) is 17.7 Å². The fourth-order valence-corrected chi connectivity index (χ4v) is 2.72. The Labute approximate surface area is 129 Å². The number of hydrogen-bond donors (Lipinski definition) is 1. The van der Waals surface area contributed by atoms with Crippen molar-refractivity contribution in [3.8, 4) is 12.3 Å². The van der Waals surface area contributed by atoms with Gasteiger partial charge in [0, 0.05) is 50.2 Å². The van der Waals surface area contributed by atoms with Crippen LogP contribution in [0.4, 0.5) is 0 Å². The number of terminal acetylenes is 1. The number of aliphatic hydroxyl groups is 1. The molecule has 1 N–H and O–H groups in total. The lowest BCUT2D eigenvalue weighted by Gasteiger charge is -2.35. The maximum absolute atomic E-state index is 10.3. The van der Waals surface area contributed by atoms with Gasteiger partial charge in [-0.2, -0.15) is 0 Å². The molecule has 1 fully saturated rings. The van der Waals surface area contributed by atoms with Crippen molar-refractivity contribution < 1.29 is 5.11 Å². The van der Waals surface area contributed by atoms with Crippen LogP contribution in [-0.2, 0) is 0 Å². The minimum absolute atomic E-state index is 0.416. The summed E-state index contributed by atoms with van der Waals surface area (Å²) in [6, 6.07) is 7.88. The van der Waals surface area contributed by atoms with Gasteiger partial charge in [0.1, 0.15) is 0 Å². The first-order valence-corrected chi connectivity index (χ1v) is 7.80. The molecule has 1 aliphatic rings. The van der Waals surface area contributed by atoms with E-state index in [4.69, 9.17) is 6.42 Å². The van der Waals surface area contributed by atoms with E-state index in [0.717, 1.165) is 49.2 Å². The van der Waals surface area contributed by atoms with E-state index < -0.39 is 6.10 Å². The number of benzene rings is 1. The number of rotatable bonds is 5. The lowest BCUT2D eigenvalue weighted by molar-refractivity contribution is 0.0733. The Morgan fingerprint density at radius 1 is 1.15 bits per heavy atom. The zero-order chi connectivity index (χ0) is 14.4. The SMILES string of the molecule is C#CCCN1CCN(CC(O)c2ccc(Br)cc2)CC1. The Morgan fingerprint density at radius 3 is 2.35 bits per heavy atom. The quantitative estimate of drug-likeness (QED) is 0.834. The monoisotopic (exact) mass is 336 g/mol. The molecule has 0 amide bonds. The summed E-state index contributed by atoms with van der Waals surface area (Å²) in [5, 5.41) is 10.3. The van der Waals surface area contributed by atoms with Crippen molar-refractivity contribution in [2.75, 3.05) is 39.3 Å². The summed E-state index contributed by atoms with van der Waals surface area (Å²) in [5.41, 5.74) is 0.975. The first-order valence-electron chi connectivity index (χ1n) is 7.01. The highest BCUT2D eigenvalue weighted by Gasteiger charge is 2.19. The van der Waals surface area contributed by atoms with Gasteiger partial charge in [-0.15, -0.1) is 12.3 Å². The van der Waals surface area contributed by atoms with Crippen molar-refractivity contribution in [2.45, 2.75) is 12.5 Å². The smallest absolute Gasteiger partial charge is 0.0916 e. The minimum Gasteiger partial charge on any atom is -0.387 e. The van der Waals surface area contributed by atoms with Gasteiger partial charge in [0.05, 0.1) is 6.10 Å². The van der Waals surface area contributed by atoms with Crippen LogP contribution in [0, 0.1) is 12.3 Å². The van der Waals surface area contributed by atoms with E-state index in [1.165, 1.54) is 0 Å². The van der Waals surface area contributed by atoms with Crippen molar-refractivity contribution in [1.82, 2.24) is 9.80 Å². The van der Waals surface area contributed by atoms with E-state index in [-0.39, 0.29) is 0 Å². The van der Waals surface area contributed by atoms with E-state index in [9.17, 15) is 5.11 Å². The standard InChI is InChI=1S/C16H21BrN2O/c1-2-3-8-18-9-11-19(12-10-18)13-16(20)14-4-6-15(17)7-5-14/h1,4-7,16,20H,3,8-13H2. The molecule has 108 valence electrons. The third kappa shape index (κ3) is 4.60. The van der Waals surface area contributed by atoms with Crippen LogP contribution in [0.15, 0.2) is 28.7 Å². The lowest BCUT2D eigenvalue weighted by atomic mass is 10.1. The summed E-state index contributed by atoms with van der Waals surface area (Å²) >= 11 is 3.41. The molecule has 1 unspecified atom stereocenters. The molecule has 0 bridgehead atoms. The van der Waals surface area contributed by atoms with Gasteiger partial charge < -0.3 is 5.11 Å². The van der Waals surface area contributed by atoms with Crippen LogP contribution >= 0.6 is 15.9 Å². The van der Waals surface area contributed by atoms with Gasteiger partial charge >= 0.3 is 0 Å². The average molecular weight is 337 g/mol. The molecular formula is C16H21BrN2O. The zero-order valence-corrected chi connectivity index (χ0v) is 13.2. The van der Waals surface area contributed by atoms with E-state index in [1.54, 1.807) is 0 Å². The van der Waals surface area contributed by atoms with Gasteiger partial charge in [-0.1, -0.05) is 28.1 Å². The molecule has 1 aromatic carbocycles. The summed E-state index contributed by atoms with van der Waals surface area (Å²) in [4.78, 5) is 4.71. The van der Waals surface area contributed by atoms with Crippen molar-refractivity contribution >= 4 is 15.9 Å². The number of hydrogen-bond acceptors (Lipinski definition) is 3. The van der Waals surface area contributed by atoms with Crippen LogP contribution < -0.4 is 0 Å². The molecule has 1 aliphatic heterocycles. The summed E-state index contributed by atoms with van der Waals surface area (Å²) in [7, 11) is 0. The van der Waals surface area contributed by atoms with Gasteiger partial charge in [0.2, 0.25) is 0 Å². The summed E-state index contributed by atoms with van der Waals surface area (Å²) in [5.74, 6) is 2.69. The fraction of sp³-hybridized carbons (Fsp3) is 0.500. The second-order valence-corrected chi connectivity index (χ2v) is 6.08. The first kappa shape index (κ1) is 15.5. The molecule has 1 atom stereocenters. The first-order chi connectivity index (χ1) is 9.69. The second-order valence-electron chi connectivity index (χ2n) is 5.16. The molecule has 0 spiro atoms. The van der Waals surface area contributed by atoms with E-state index >= 15 is 0 Å². The molecule has 0 saturated carbocycles. The van der Waals surface area contributed by atoms with Crippen molar-refractivity contribution in [3.63, 3.8) is 0 Å². The molecule has 1 aromatic rings. The minimum atomic E-state index is -0.416. The molecule has 2 rings (SSSR count). The van der Waals surface area contributed by atoms with Crippen LogP contribution in [0.5, 0.6) is 0 Å². The molecule has 1 heterocycles. The van der Waals surface area contributed by atoms with Crippen LogP contribution in [0.3, 0.4) is 0 Å². The zero-order valence-electron chi connectivity index (χ0n) is 11.6. The molecule has 0 aliphatic carbocycles. The Hall–Kier alpha value is -0.860. The molecule has 4 heteroatoms. The van der Waals surface area contributed by atoms with Gasteiger partial charge in [-0.25, -0.2) is 0 Å². The number of β-amino-alcohol motifs (C(OH)–C–C–N with tert-alkyl or cyclic N) is 1. The highest BCUT2D eigenvalue weighted by Crippen LogP contribution is 2.18. The summed E-state index contributed by atoms with van der Waals surface area (Å²) < 4.78 is 1.04. The largest absolute Gasteiger partial charge is 0.387 e. The Bertz CT molecular complexity index is 447. The molecular weight excluding hydrogens is 316 g/mol. The highest BCUT2D eigenvalue weighted by atomic mass is 79.9. The van der Waals surface area contributed by atoms with Crippen LogP contribution in [0.2, 0.25) is 0 Å². The van der Waals surface area contributed by atoms with Crippen molar-refractivity contribution in [3.05, 3.63) is 34.3 Å². The van der Waals surface area contributed by atoms with Gasteiger partial charge in [0.25, 0.3) is 0 Å². The van der Waals surface area contributed by atoms with E-state index in [1.807, 2.05) is 24.3 Å². The van der Waals surface area contributed by atoms with Crippen LogP contribution in [0.25, 0.3) is 0 Å². The summed E-state index contributed by atoms with van der Waals surface area (Å²) in [6.45, 7) is 5.75. The predicted octanol–water partition coefficient (Wildman–Crippen LogP) is 2.12. The lowest BCUT2D eigenvalue weighted by Crippen LogP contribution is -2.47. The topological polar surface area (TPSA) is 26.7 Å². The molecule has 0 aromatic heterocycles. The molecule has 3 nitrogen and oxygen atoms in total. The fourth-order valence-electron chi connectivity index (χ4n) is 2.45. The Morgan fingerprint density at radius 2 is 1.75 bits per heavy atom. The van der Waals surface area contributed by atoms with E-state index in [2.05, 4.69) is 31.7 Å². The molecule has 0 radical (unpaired) electrons. The predicted molar refractivity (Wildman–Crippen MR) is 85.4 cm³/mol. The third-order valence-electron chi connectivity index (χ3n) is 3.72. The normalized spacial score (nSPS) is 18.6. The van der Waals surface area contributed by atoms with E-state index in [0.29, 0.717) is 6.54 Å². The maximum atomic E-state index is 10.3. The molecule has 20 heavy (non-hydrogen) atoms. The average Bonchev–Trinajstić information content (AvgIpc) is 2.47. The summed E-state index contributed by atoms with van der Waals surface area (Å²) in [6.07, 6.45) is 5.70. The number of halogens is 1. The maximum Gasteiger partial charge on any atom is 0.0916 e. The van der Waals surface area contributed by atoms with Gasteiger partial charge in [-0.3, -0.25) is 9.80 Å². The highest BCUT2D eigenvalue weighted by molar-refractivity contribution is 9.10. The Balaban J connectivity index is 1.77. The second kappa shape index (κ2) is 7.80. The van der Waals surface area contributed by atoms with Crippen molar-refractivity contribution in [2.24, 2.45) is 0 Å². The third-order valence-corrected chi connectivity index (χ3v) is 4.25. The Kier molecular flexibility index (Phi) is 6.06. The number of nitrogens with zero attached hydrogens (tertiary/aromatic N) is 2.